The van der Waals surface area contributed by atoms with Gasteiger partial charge in [-0.1, -0.05) is 41.3 Å². The van der Waals surface area contributed by atoms with Crippen molar-refractivity contribution < 1.29 is 24.0 Å². The molecule has 7 nitrogen and oxygen atoms in total. The number of benzene rings is 2. The molecule has 1 saturated carbocycles. The summed E-state index contributed by atoms with van der Waals surface area (Å²) in [5.74, 6) is -0.734. The number of piperidine rings is 1. The molecule has 0 radical (unpaired) electrons. The van der Waals surface area contributed by atoms with E-state index in [1.807, 2.05) is 12.1 Å². The Balaban J connectivity index is 1.35. The van der Waals surface area contributed by atoms with Gasteiger partial charge in [-0.25, -0.2) is 9.59 Å². The molecule has 1 aromatic heterocycles. The molecule has 2 aromatic carbocycles. The fourth-order valence-electron chi connectivity index (χ4n) is 4.87. The number of aromatic nitrogens is 1. The van der Waals surface area contributed by atoms with Gasteiger partial charge in [0.15, 0.2) is 5.76 Å². The number of nitrogens with zero attached hydrogens (tertiary/aromatic N) is 2. The van der Waals surface area contributed by atoms with Crippen LogP contribution in [0.1, 0.15) is 71.4 Å². The average Bonchev–Trinajstić information content (AvgIpc) is 3.62. The molecule has 5 rings (SSSR count). The smallest absolute Gasteiger partial charge is 0.344 e. The first-order valence-electron chi connectivity index (χ1n) is 12.1. The van der Waals surface area contributed by atoms with E-state index >= 15 is 0 Å². The van der Waals surface area contributed by atoms with Crippen LogP contribution in [0, 0.1) is 0 Å². The van der Waals surface area contributed by atoms with E-state index in [4.69, 9.17) is 32.5 Å². The second-order valence-electron chi connectivity index (χ2n) is 9.30. The van der Waals surface area contributed by atoms with Gasteiger partial charge in [-0.15, -0.1) is 0 Å². The van der Waals surface area contributed by atoms with Crippen LogP contribution in [0.3, 0.4) is 0 Å². The molecule has 2 heterocycles. The number of carbonyl (C=O) groups excluding carboxylic acids is 1. The Morgan fingerprint density at radius 2 is 1.81 bits per heavy atom. The Labute approximate surface area is 218 Å². The van der Waals surface area contributed by atoms with Crippen molar-refractivity contribution in [1.82, 2.24) is 5.16 Å². The van der Waals surface area contributed by atoms with Gasteiger partial charge in [0.05, 0.1) is 15.6 Å². The van der Waals surface area contributed by atoms with Gasteiger partial charge in [0.2, 0.25) is 0 Å². The van der Waals surface area contributed by atoms with E-state index in [2.05, 4.69) is 17.0 Å². The van der Waals surface area contributed by atoms with E-state index in [1.165, 1.54) is 0 Å². The predicted molar refractivity (Wildman–Crippen MR) is 137 cm³/mol. The van der Waals surface area contributed by atoms with E-state index in [-0.39, 0.29) is 23.6 Å². The van der Waals surface area contributed by atoms with Crippen LogP contribution in [0.15, 0.2) is 47.0 Å². The van der Waals surface area contributed by atoms with Gasteiger partial charge >= 0.3 is 11.9 Å². The molecule has 0 spiro atoms. The lowest BCUT2D eigenvalue weighted by atomic mass is 9.96. The Morgan fingerprint density at radius 1 is 1.11 bits per heavy atom. The summed E-state index contributed by atoms with van der Waals surface area (Å²) >= 11 is 12.8. The number of aromatic carboxylic acids is 1. The highest BCUT2D eigenvalue weighted by Gasteiger charge is 2.38. The van der Waals surface area contributed by atoms with Gasteiger partial charge < -0.3 is 19.3 Å². The summed E-state index contributed by atoms with van der Waals surface area (Å²) in [6.07, 6.45) is 3.76. The third kappa shape index (κ3) is 4.82. The normalized spacial score (nSPS) is 19.8. The molecule has 1 aliphatic heterocycles. The zero-order valence-corrected chi connectivity index (χ0v) is 21.3. The number of anilines is 1. The van der Waals surface area contributed by atoms with Crippen molar-refractivity contribution >= 4 is 40.8 Å². The van der Waals surface area contributed by atoms with Gasteiger partial charge in [0, 0.05) is 42.6 Å². The number of carboxylic acids is 1. The number of halogens is 2. The lowest BCUT2D eigenvalue weighted by Crippen LogP contribution is -2.45. The summed E-state index contributed by atoms with van der Waals surface area (Å²) in [7, 11) is 0. The van der Waals surface area contributed by atoms with Gasteiger partial charge in [0.1, 0.15) is 17.4 Å². The van der Waals surface area contributed by atoms with Crippen LogP contribution < -0.4 is 4.90 Å². The number of hydrogen-bond acceptors (Lipinski definition) is 6. The molecule has 2 fully saturated rings. The van der Waals surface area contributed by atoms with Crippen molar-refractivity contribution in [2.45, 2.75) is 57.1 Å². The molecule has 1 aliphatic carbocycles. The molecule has 36 heavy (non-hydrogen) atoms. The number of hydrogen-bond donors (Lipinski definition) is 1. The molecule has 0 unspecified atom stereocenters. The highest BCUT2D eigenvalue weighted by molar-refractivity contribution is 6.39. The van der Waals surface area contributed by atoms with Crippen molar-refractivity contribution in [1.29, 1.82) is 0 Å². The number of rotatable bonds is 7. The van der Waals surface area contributed by atoms with Gasteiger partial charge in [-0.2, -0.15) is 0 Å². The first-order chi connectivity index (χ1) is 17.4. The third-order valence-corrected chi connectivity index (χ3v) is 7.56. The van der Waals surface area contributed by atoms with Gasteiger partial charge in [-0.05, 0) is 55.7 Å². The van der Waals surface area contributed by atoms with Crippen LogP contribution in [0.25, 0.3) is 11.3 Å². The molecule has 0 bridgehead atoms. The molecule has 1 saturated heterocycles. The van der Waals surface area contributed by atoms with Crippen LogP contribution in [0.4, 0.5) is 5.69 Å². The number of carbonyl (C=O) groups is 2. The molecule has 1 N–H and O–H groups in total. The largest absolute Gasteiger partial charge is 0.478 e. The highest BCUT2D eigenvalue weighted by atomic mass is 35.5. The fourth-order valence-corrected chi connectivity index (χ4v) is 5.45. The minimum atomic E-state index is -0.948. The number of ether oxygens (including phenoxy) is 1. The minimum absolute atomic E-state index is 0.147. The van der Waals surface area contributed by atoms with Crippen LogP contribution in [-0.2, 0) is 4.74 Å². The third-order valence-electron chi connectivity index (χ3n) is 6.93. The molecule has 3 aromatic rings. The summed E-state index contributed by atoms with van der Waals surface area (Å²) in [5, 5.41) is 14.1. The molecule has 2 atom stereocenters. The Kier molecular flexibility index (Phi) is 6.95. The minimum Gasteiger partial charge on any atom is -0.478 e. The summed E-state index contributed by atoms with van der Waals surface area (Å²) in [6.45, 7) is 2.78. The summed E-state index contributed by atoms with van der Waals surface area (Å²) in [6, 6.07) is 12.2. The molecule has 188 valence electrons. The molecule has 0 amide bonds. The van der Waals surface area contributed by atoms with E-state index in [1.54, 1.807) is 30.3 Å². The maximum atomic E-state index is 13.5. The molecular weight excluding hydrogens is 503 g/mol. The van der Waals surface area contributed by atoms with Crippen LogP contribution in [-0.4, -0.2) is 40.9 Å². The Morgan fingerprint density at radius 3 is 2.42 bits per heavy atom. The van der Waals surface area contributed by atoms with Gasteiger partial charge in [0.25, 0.3) is 0 Å². The first kappa shape index (κ1) is 24.7. The molecule has 9 heteroatoms. The van der Waals surface area contributed by atoms with Crippen molar-refractivity contribution in [2.75, 3.05) is 11.4 Å². The quantitative estimate of drug-likeness (QED) is 0.336. The number of esters is 1. The van der Waals surface area contributed by atoms with Crippen molar-refractivity contribution in [3.05, 3.63) is 69.4 Å². The maximum absolute atomic E-state index is 13.5. The fraction of sp³-hybridized carbons (Fsp3) is 0.370. The monoisotopic (exact) mass is 528 g/mol. The summed E-state index contributed by atoms with van der Waals surface area (Å²) in [4.78, 5) is 26.9. The maximum Gasteiger partial charge on any atom is 0.344 e. The first-order valence-corrected chi connectivity index (χ1v) is 12.9. The summed E-state index contributed by atoms with van der Waals surface area (Å²) in [5.41, 5.74) is 2.31. The lowest BCUT2D eigenvalue weighted by molar-refractivity contribution is 0.0206. The lowest BCUT2D eigenvalue weighted by Gasteiger charge is -2.40. The standard InChI is InChI=1S/C27H26Cl2N2O5/c1-2-17-14-19(12-13-31(17)18-10-8-16(9-11-18)26(32)33)35-27(34)23-24(30-36-25(23)15-6-7-15)22-20(28)4-3-5-21(22)29/h3-5,8-11,15,17,19H,2,6-7,12-14H2,1H3,(H,32,33)/t17-,19-/m1/s1. The summed E-state index contributed by atoms with van der Waals surface area (Å²) < 4.78 is 11.7. The van der Waals surface area contributed by atoms with Crippen molar-refractivity contribution in [3.63, 3.8) is 0 Å². The Bertz CT molecular complexity index is 1270. The molecular formula is C27H26Cl2N2O5. The van der Waals surface area contributed by atoms with Crippen LogP contribution in [0.5, 0.6) is 0 Å². The van der Waals surface area contributed by atoms with Crippen molar-refractivity contribution in [3.8, 4) is 11.3 Å². The number of carboxylic acid groups (broad SMARTS) is 1. The van der Waals surface area contributed by atoms with Crippen molar-refractivity contribution in [2.24, 2.45) is 0 Å². The Hall–Kier alpha value is -3.03. The van der Waals surface area contributed by atoms with E-state index in [9.17, 15) is 14.7 Å². The second-order valence-corrected chi connectivity index (χ2v) is 10.1. The second kappa shape index (κ2) is 10.1. The van der Waals surface area contributed by atoms with Crippen LogP contribution >= 0.6 is 23.2 Å². The highest BCUT2D eigenvalue weighted by Crippen LogP contribution is 2.46. The zero-order valence-electron chi connectivity index (χ0n) is 19.7. The van der Waals surface area contributed by atoms with E-state index in [0.717, 1.165) is 24.9 Å². The SMILES string of the molecule is CC[C@@H]1C[C@H](OC(=O)c2c(-c3c(Cl)cccc3Cl)noc2C2CC2)CCN1c1ccc(C(=O)O)cc1. The van der Waals surface area contributed by atoms with Gasteiger partial charge in [-0.3, -0.25) is 0 Å². The van der Waals surface area contributed by atoms with E-state index < -0.39 is 11.9 Å². The zero-order chi connectivity index (χ0) is 25.4. The van der Waals surface area contributed by atoms with E-state index in [0.29, 0.717) is 52.0 Å². The predicted octanol–water partition coefficient (Wildman–Crippen LogP) is 6.83. The topological polar surface area (TPSA) is 92.9 Å². The average molecular weight is 529 g/mol. The van der Waals surface area contributed by atoms with Crippen LogP contribution in [0.2, 0.25) is 10.0 Å². The molecule has 2 aliphatic rings.